The Kier molecular flexibility index (Phi) is 4.02. The molecule has 1 aromatic heterocycles. The molecule has 2 N–H and O–H groups in total. The number of rotatable bonds is 3. The summed E-state index contributed by atoms with van der Waals surface area (Å²) in [6.45, 7) is 3.45. The second-order valence-electron chi connectivity index (χ2n) is 6.60. The zero-order valence-electron chi connectivity index (χ0n) is 13.3. The standard InChI is InChI=1S/C16H21ClN2O4/c1-15(23-2)9-11(20)16(15)5-7-19(8-6-16)12-4-3-10(17)13(18-12)14(21)22/h3-4,11,20H,5-9H2,1-2H3,(H,21,22)/t11-,15+/m1/s1. The second kappa shape index (κ2) is 5.61. The summed E-state index contributed by atoms with van der Waals surface area (Å²) in [4.78, 5) is 17.4. The molecule has 126 valence electrons. The highest BCUT2D eigenvalue weighted by atomic mass is 35.5. The first-order valence-electron chi connectivity index (χ1n) is 7.71. The van der Waals surface area contributed by atoms with Gasteiger partial charge in [-0.05, 0) is 31.9 Å². The van der Waals surface area contributed by atoms with Gasteiger partial charge in [-0.1, -0.05) is 11.6 Å². The molecule has 1 saturated heterocycles. The number of nitrogens with zero attached hydrogens (tertiary/aromatic N) is 2. The summed E-state index contributed by atoms with van der Waals surface area (Å²) in [7, 11) is 1.69. The Balaban J connectivity index is 1.77. The smallest absolute Gasteiger partial charge is 0.356 e. The van der Waals surface area contributed by atoms with Crippen LogP contribution in [0.25, 0.3) is 0 Å². The molecular weight excluding hydrogens is 320 g/mol. The average molecular weight is 341 g/mol. The number of aliphatic hydroxyl groups is 1. The quantitative estimate of drug-likeness (QED) is 0.877. The Bertz CT molecular complexity index is 631. The Hall–Kier alpha value is -1.37. The molecule has 1 aliphatic heterocycles. The van der Waals surface area contributed by atoms with Crippen molar-refractivity contribution in [3.63, 3.8) is 0 Å². The van der Waals surface area contributed by atoms with E-state index in [9.17, 15) is 9.90 Å². The molecule has 23 heavy (non-hydrogen) atoms. The summed E-state index contributed by atoms with van der Waals surface area (Å²) >= 11 is 5.87. The van der Waals surface area contributed by atoms with Gasteiger partial charge < -0.3 is 19.8 Å². The van der Waals surface area contributed by atoms with E-state index >= 15 is 0 Å². The van der Waals surface area contributed by atoms with Gasteiger partial charge in [0.2, 0.25) is 0 Å². The third-order valence-corrected chi connectivity index (χ3v) is 6.04. The van der Waals surface area contributed by atoms with Crippen LogP contribution in [-0.2, 0) is 4.74 Å². The Morgan fingerprint density at radius 3 is 2.61 bits per heavy atom. The fourth-order valence-corrected chi connectivity index (χ4v) is 4.22. The van der Waals surface area contributed by atoms with Gasteiger partial charge in [-0.2, -0.15) is 0 Å². The number of hydrogen-bond donors (Lipinski definition) is 2. The Morgan fingerprint density at radius 1 is 1.43 bits per heavy atom. The van der Waals surface area contributed by atoms with Gasteiger partial charge in [-0.25, -0.2) is 9.78 Å². The van der Waals surface area contributed by atoms with Crippen molar-refractivity contribution in [3.05, 3.63) is 22.8 Å². The summed E-state index contributed by atoms with van der Waals surface area (Å²) in [5.41, 5.74) is -0.645. The van der Waals surface area contributed by atoms with Crippen molar-refractivity contribution in [1.82, 2.24) is 4.98 Å². The average Bonchev–Trinajstić information content (AvgIpc) is 2.55. The minimum absolute atomic E-state index is 0.130. The minimum Gasteiger partial charge on any atom is -0.476 e. The molecule has 2 fully saturated rings. The van der Waals surface area contributed by atoms with Crippen molar-refractivity contribution in [2.75, 3.05) is 25.1 Å². The molecule has 2 heterocycles. The second-order valence-corrected chi connectivity index (χ2v) is 7.01. The van der Waals surface area contributed by atoms with E-state index in [1.54, 1.807) is 19.2 Å². The van der Waals surface area contributed by atoms with Gasteiger partial charge in [0.25, 0.3) is 0 Å². The van der Waals surface area contributed by atoms with Gasteiger partial charge in [-0.3, -0.25) is 0 Å². The lowest BCUT2D eigenvalue weighted by Crippen LogP contribution is -2.69. The van der Waals surface area contributed by atoms with Crippen molar-refractivity contribution in [2.45, 2.75) is 37.9 Å². The molecule has 0 radical (unpaired) electrons. The molecule has 6 nitrogen and oxygen atoms in total. The van der Waals surface area contributed by atoms with E-state index in [1.807, 2.05) is 4.90 Å². The summed E-state index contributed by atoms with van der Waals surface area (Å²) in [5.74, 6) is -0.527. The zero-order chi connectivity index (χ0) is 16.8. The number of ether oxygens (including phenoxy) is 1. The number of carboxylic acid groups (broad SMARTS) is 1. The van der Waals surface area contributed by atoms with Gasteiger partial charge in [-0.15, -0.1) is 0 Å². The van der Waals surface area contributed by atoms with Gasteiger partial charge in [0.1, 0.15) is 5.82 Å². The lowest BCUT2D eigenvalue weighted by molar-refractivity contribution is -0.253. The lowest BCUT2D eigenvalue weighted by Gasteiger charge is -2.63. The number of methoxy groups -OCH3 is 1. The van der Waals surface area contributed by atoms with Crippen LogP contribution in [0.1, 0.15) is 36.7 Å². The van der Waals surface area contributed by atoms with Crippen LogP contribution < -0.4 is 4.90 Å². The van der Waals surface area contributed by atoms with Gasteiger partial charge in [0.05, 0.1) is 16.7 Å². The monoisotopic (exact) mass is 340 g/mol. The molecule has 1 aliphatic carbocycles. The van der Waals surface area contributed by atoms with E-state index in [0.717, 1.165) is 12.8 Å². The van der Waals surface area contributed by atoms with E-state index in [-0.39, 0.29) is 27.8 Å². The van der Waals surface area contributed by atoms with Crippen LogP contribution in [0.3, 0.4) is 0 Å². The maximum Gasteiger partial charge on any atom is 0.356 e. The van der Waals surface area contributed by atoms with Gasteiger partial charge >= 0.3 is 5.97 Å². The van der Waals surface area contributed by atoms with E-state index in [1.165, 1.54) is 0 Å². The predicted molar refractivity (Wildman–Crippen MR) is 86.1 cm³/mol. The third kappa shape index (κ3) is 2.40. The Labute approximate surface area is 140 Å². The van der Waals surface area contributed by atoms with Crippen molar-refractivity contribution in [3.8, 4) is 0 Å². The van der Waals surface area contributed by atoms with Crippen LogP contribution in [0, 0.1) is 5.41 Å². The van der Waals surface area contributed by atoms with Crippen LogP contribution in [-0.4, -0.2) is 53.1 Å². The summed E-state index contributed by atoms with van der Waals surface area (Å²) < 4.78 is 5.66. The Morgan fingerprint density at radius 2 is 2.09 bits per heavy atom. The first-order chi connectivity index (χ1) is 10.8. The lowest BCUT2D eigenvalue weighted by atomic mass is 9.51. The number of aromatic nitrogens is 1. The van der Waals surface area contributed by atoms with Crippen molar-refractivity contribution in [2.24, 2.45) is 5.41 Å². The molecule has 3 rings (SSSR count). The van der Waals surface area contributed by atoms with Crippen LogP contribution >= 0.6 is 11.6 Å². The maximum atomic E-state index is 11.2. The van der Waals surface area contributed by atoms with Gasteiger partial charge in [0.15, 0.2) is 5.69 Å². The molecule has 0 bridgehead atoms. The fourth-order valence-electron chi connectivity index (χ4n) is 4.03. The molecule has 1 aromatic rings. The number of piperidine rings is 1. The first-order valence-corrected chi connectivity index (χ1v) is 8.09. The highest BCUT2D eigenvalue weighted by molar-refractivity contribution is 6.33. The number of anilines is 1. The molecular formula is C16H21ClN2O4. The first kappa shape index (κ1) is 16.5. The highest BCUT2D eigenvalue weighted by Crippen LogP contribution is 2.58. The SMILES string of the molecule is CO[C@@]1(C)C[C@@H](O)C12CCN(c1ccc(Cl)c(C(=O)O)n1)CC2. The number of pyridine rings is 1. The van der Waals surface area contributed by atoms with E-state index in [0.29, 0.717) is 25.3 Å². The molecule has 2 atom stereocenters. The van der Waals surface area contributed by atoms with Crippen LogP contribution in [0.4, 0.5) is 5.82 Å². The molecule has 1 saturated carbocycles. The number of aromatic carboxylic acids is 1. The normalized spacial score (nSPS) is 29.4. The molecule has 7 heteroatoms. The van der Waals surface area contributed by atoms with Crippen molar-refractivity contribution < 1.29 is 19.7 Å². The number of halogens is 1. The number of aliphatic hydroxyl groups excluding tert-OH is 1. The molecule has 0 amide bonds. The largest absolute Gasteiger partial charge is 0.476 e. The molecule has 0 aromatic carbocycles. The predicted octanol–water partition coefficient (Wildman–Crippen LogP) is 2.19. The number of hydrogen-bond acceptors (Lipinski definition) is 5. The van der Waals surface area contributed by atoms with Crippen LogP contribution in [0.15, 0.2) is 12.1 Å². The van der Waals surface area contributed by atoms with Crippen molar-refractivity contribution >= 4 is 23.4 Å². The summed E-state index contributed by atoms with van der Waals surface area (Å²) in [6, 6.07) is 3.30. The van der Waals surface area contributed by atoms with Crippen LogP contribution in [0.2, 0.25) is 5.02 Å². The number of carbonyl (C=O) groups is 1. The molecule has 0 unspecified atom stereocenters. The number of carboxylic acids is 1. The van der Waals surface area contributed by atoms with Gasteiger partial charge in [0, 0.05) is 32.0 Å². The van der Waals surface area contributed by atoms with Crippen LogP contribution in [0.5, 0.6) is 0 Å². The maximum absolute atomic E-state index is 11.2. The van der Waals surface area contributed by atoms with Crippen molar-refractivity contribution in [1.29, 1.82) is 0 Å². The summed E-state index contributed by atoms with van der Waals surface area (Å²) in [5, 5.41) is 19.6. The fraction of sp³-hybridized carbons (Fsp3) is 0.625. The topological polar surface area (TPSA) is 82.9 Å². The van der Waals surface area contributed by atoms with E-state index < -0.39 is 5.97 Å². The molecule has 1 spiro atoms. The minimum atomic E-state index is -1.13. The highest BCUT2D eigenvalue weighted by Gasteiger charge is 2.63. The molecule has 2 aliphatic rings. The third-order valence-electron chi connectivity index (χ3n) is 5.74. The van der Waals surface area contributed by atoms with E-state index in [4.69, 9.17) is 21.4 Å². The van der Waals surface area contributed by atoms with E-state index in [2.05, 4.69) is 11.9 Å². The summed E-state index contributed by atoms with van der Waals surface area (Å²) in [6.07, 6.45) is 1.88. The zero-order valence-corrected chi connectivity index (χ0v) is 14.0.